The molecule has 1 N–H and O–H groups in total. The molecule has 8 nitrogen and oxygen atoms in total. The normalized spacial score (nSPS) is 12.5. The second kappa shape index (κ2) is 15.0. The van der Waals surface area contributed by atoms with Crippen LogP contribution < -0.4 is 5.19 Å². The number of rotatable bonds is 7. The van der Waals surface area contributed by atoms with Crippen LogP contribution in [-0.2, 0) is 10.8 Å². The van der Waals surface area contributed by atoms with Gasteiger partial charge >= 0.3 is 5.84 Å². The summed E-state index contributed by atoms with van der Waals surface area (Å²) >= 11 is 0. The van der Waals surface area contributed by atoms with Crippen LogP contribution in [0.2, 0.25) is 19.6 Å². The minimum Gasteiger partial charge on any atom is -0.507 e. The van der Waals surface area contributed by atoms with Crippen LogP contribution in [0, 0.1) is 0 Å². The molecular weight excluding hydrogens is 805 g/mol. The van der Waals surface area contributed by atoms with Gasteiger partial charge in [0.25, 0.3) is 0 Å². The van der Waals surface area contributed by atoms with Crippen molar-refractivity contribution in [2.24, 2.45) is 0 Å². The minimum absolute atomic E-state index is 0.200. The highest BCUT2D eigenvalue weighted by atomic mass is 28.3. The van der Waals surface area contributed by atoms with Crippen LogP contribution in [0.25, 0.3) is 89.7 Å². The zero-order valence-electron chi connectivity index (χ0n) is 37.9. The Morgan fingerprint density at radius 2 is 1.34 bits per heavy atom. The van der Waals surface area contributed by atoms with Gasteiger partial charge in [-0.3, -0.25) is 9.55 Å². The van der Waals surface area contributed by atoms with Gasteiger partial charge in [-0.2, -0.15) is 0 Å². The first-order chi connectivity index (χ1) is 30.5. The molecular formula is C55H52N6O2Si. The smallest absolute Gasteiger partial charge is 0.327 e. The van der Waals surface area contributed by atoms with E-state index < -0.39 is 8.07 Å². The Morgan fingerprint density at radius 3 is 2.05 bits per heavy atom. The number of hydrogen-bond acceptors (Lipinski definition) is 6. The first kappa shape index (κ1) is 40.9. The number of phenols is 1. The van der Waals surface area contributed by atoms with E-state index in [1.54, 1.807) is 6.33 Å². The molecule has 0 atom stereocenters. The van der Waals surface area contributed by atoms with Gasteiger partial charge < -0.3 is 9.52 Å². The summed E-state index contributed by atoms with van der Waals surface area (Å²) < 4.78 is 10.6. The lowest BCUT2D eigenvalue weighted by molar-refractivity contribution is 0.446. The maximum absolute atomic E-state index is 12.6. The van der Waals surface area contributed by atoms with E-state index >= 15 is 0 Å². The summed E-state index contributed by atoms with van der Waals surface area (Å²) in [6.45, 7) is 20.3. The summed E-state index contributed by atoms with van der Waals surface area (Å²) in [5.74, 6) is 1.30. The molecule has 0 aliphatic carbocycles. The quantitative estimate of drug-likeness (QED) is 0.160. The van der Waals surface area contributed by atoms with Gasteiger partial charge in [0.05, 0.1) is 41.6 Å². The maximum Gasteiger partial charge on any atom is 0.327 e. The maximum atomic E-state index is 12.6. The molecule has 6 aromatic carbocycles. The van der Waals surface area contributed by atoms with Crippen molar-refractivity contribution in [3.8, 4) is 67.5 Å². The first-order valence-corrected chi connectivity index (χ1v) is 25.4. The molecule has 0 saturated heterocycles. The summed E-state index contributed by atoms with van der Waals surface area (Å²) in [4.78, 5) is 10.6. The highest BCUT2D eigenvalue weighted by Gasteiger charge is 2.30. The average molecular weight is 857 g/mol. The number of benzene rings is 6. The number of hydrogen-bond donors (Lipinski definition) is 1. The number of oxazole rings is 1. The van der Waals surface area contributed by atoms with Crippen LogP contribution in [0.1, 0.15) is 52.7 Å². The SMILES string of the molecule is CC(C)(C)c1cc(-c2nc3c(-c4cc(-c5cc(-c6ccccc6)ccn5)c5oc6nncn6c5c4)cccc3n2-c2ccc([Si](C)(C)C)cc2-c2ccccc2)c(O)c(C(C)(C)C)c1. The number of fused-ring (bicyclic) bond motifs is 4. The van der Waals surface area contributed by atoms with E-state index in [0.29, 0.717) is 22.8 Å². The van der Waals surface area contributed by atoms with Gasteiger partial charge in [0.1, 0.15) is 17.9 Å². The van der Waals surface area contributed by atoms with E-state index in [-0.39, 0.29) is 16.6 Å². The topological polar surface area (TPSA) is 94.3 Å². The first-order valence-electron chi connectivity index (χ1n) is 21.9. The van der Waals surface area contributed by atoms with Crippen molar-refractivity contribution in [3.63, 3.8) is 0 Å². The Hall–Kier alpha value is -7.10. The Morgan fingerprint density at radius 1 is 0.609 bits per heavy atom. The summed E-state index contributed by atoms with van der Waals surface area (Å²) in [5.41, 5.74) is 14.1. The summed E-state index contributed by atoms with van der Waals surface area (Å²) in [5, 5.41) is 22.4. The van der Waals surface area contributed by atoms with Crippen LogP contribution in [0.3, 0.4) is 0 Å². The fourth-order valence-electron chi connectivity index (χ4n) is 8.80. The fraction of sp³-hybridized carbons (Fsp3) is 0.200. The van der Waals surface area contributed by atoms with E-state index in [9.17, 15) is 5.11 Å². The Bertz CT molecular complexity index is 3400. The summed E-state index contributed by atoms with van der Waals surface area (Å²) in [6, 6.07) is 47.0. The molecule has 0 amide bonds. The molecule has 0 aliphatic heterocycles. The van der Waals surface area contributed by atoms with Crippen LogP contribution in [-0.4, -0.2) is 42.3 Å². The second-order valence-electron chi connectivity index (χ2n) is 20.0. The van der Waals surface area contributed by atoms with Crippen molar-refractivity contribution in [3.05, 3.63) is 157 Å². The molecule has 318 valence electrons. The molecule has 0 radical (unpaired) electrons. The zero-order chi connectivity index (χ0) is 44.7. The molecule has 9 heteroatoms. The van der Waals surface area contributed by atoms with E-state index in [0.717, 1.165) is 78.0 Å². The number of aromatic nitrogens is 6. The number of nitrogens with zero attached hydrogens (tertiary/aromatic N) is 6. The molecule has 0 bridgehead atoms. The van der Waals surface area contributed by atoms with Crippen LogP contribution in [0.4, 0.5) is 0 Å². The number of aromatic hydroxyl groups is 1. The third kappa shape index (κ3) is 7.10. The predicted octanol–water partition coefficient (Wildman–Crippen LogP) is 13.4. The standard InChI is InChI=1S/C55H52N6O2Si/c1-54(2,3)38-30-43(50(62)44(31-38)55(4,5)6)52-58-49-40(21-16-22-47(49)61(52)46-24-23-39(64(7,8)9)32-41(46)35-19-14-11-15-20-35)37-27-42(51-48(29-37)60-33-57-59-53(60)63-51)45-28-36(25-26-56-45)34-17-12-10-13-18-34/h10-33,62H,1-9H3. The molecule has 4 aromatic heterocycles. The van der Waals surface area contributed by atoms with Gasteiger partial charge in [0.15, 0.2) is 5.58 Å². The van der Waals surface area contributed by atoms with Gasteiger partial charge in [0, 0.05) is 28.5 Å². The highest BCUT2D eigenvalue weighted by Crippen LogP contribution is 2.46. The van der Waals surface area contributed by atoms with Gasteiger partial charge in [-0.05, 0) is 81.1 Å². The number of phenolic OH excluding ortho intramolecular Hbond substituents is 1. The summed E-state index contributed by atoms with van der Waals surface area (Å²) in [6.07, 6.45) is 3.53. The third-order valence-electron chi connectivity index (χ3n) is 12.4. The van der Waals surface area contributed by atoms with E-state index in [1.165, 1.54) is 5.19 Å². The zero-order valence-corrected chi connectivity index (χ0v) is 38.9. The van der Waals surface area contributed by atoms with Gasteiger partial charge in [-0.1, -0.05) is 162 Å². The van der Waals surface area contributed by atoms with Gasteiger partial charge in [-0.15, -0.1) is 5.10 Å². The van der Waals surface area contributed by atoms with Crippen molar-refractivity contribution in [2.75, 3.05) is 0 Å². The molecule has 0 fully saturated rings. The molecule has 4 heterocycles. The molecule has 0 unspecified atom stereocenters. The molecule has 10 aromatic rings. The van der Waals surface area contributed by atoms with Crippen molar-refractivity contribution in [1.29, 1.82) is 0 Å². The van der Waals surface area contributed by atoms with Gasteiger partial charge in [0.2, 0.25) is 0 Å². The van der Waals surface area contributed by atoms with Crippen LogP contribution in [0.5, 0.6) is 5.75 Å². The lowest BCUT2D eigenvalue weighted by Crippen LogP contribution is -2.37. The largest absolute Gasteiger partial charge is 0.507 e. The van der Waals surface area contributed by atoms with Crippen molar-refractivity contribution in [1.82, 2.24) is 29.1 Å². The lowest BCUT2D eigenvalue weighted by atomic mass is 9.79. The van der Waals surface area contributed by atoms with E-state index in [2.05, 4.69) is 185 Å². The minimum atomic E-state index is -1.73. The molecule has 64 heavy (non-hydrogen) atoms. The number of pyridine rings is 1. The molecule has 10 rings (SSSR count). The monoisotopic (exact) mass is 856 g/mol. The van der Waals surface area contributed by atoms with Crippen LogP contribution in [0.15, 0.2) is 150 Å². The predicted molar refractivity (Wildman–Crippen MR) is 264 cm³/mol. The Kier molecular flexibility index (Phi) is 9.61. The van der Waals surface area contributed by atoms with Crippen molar-refractivity contribution >= 4 is 41.2 Å². The Labute approximate surface area is 375 Å². The third-order valence-corrected chi connectivity index (χ3v) is 14.4. The van der Waals surface area contributed by atoms with Crippen molar-refractivity contribution < 1.29 is 9.52 Å². The Balaban J connectivity index is 1.30. The molecule has 0 aliphatic rings. The van der Waals surface area contributed by atoms with E-state index in [4.69, 9.17) is 14.4 Å². The lowest BCUT2D eigenvalue weighted by Gasteiger charge is -2.28. The van der Waals surface area contributed by atoms with Crippen LogP contribution >= 0.6 is 0 Å². The fourth-order valence-corrected chi connectivity index (χ4v) is 9.96. The van der Waals surface area contributed by atoms with Gasteiger partial charge in [-0.25, -0.2) is 9.38 Å². The second-order valence-corrected chi connectivity index (χ2v) is 25.0. The summed E-state index contributed by atoms with van der Waals surface area (Å²) in [7, 11) is -1.73. The highest BCUT2D eigenvalue weighted by molar-refractivity contribution is 6.88. The van der Waals surface area contributed by atoms with E-state index in [1.807, 2.05) is 34.9 Å². The molecule has 0 spiro atoms. The average Bonchev–Trinajstić information content (AvgIpc) is 3.99. The number of imidazole rings is 1. The molecule has 0 saturated carbocycles. The van der Waals surface area contributed by atoms with Crippen molar-refractivity contribution in [2.45, 2.75) is 72.0 Å². The number of para-hydroxylation sites is 1.